The Labute approximate surface area is 111 Å². The lowest BCUT2D eigenvalue weighted by Crippen LogP contribution is -2.11. The summed E-state index contributed by atoms with van der Waals surface area (Å²) in [6.45, 7) is 1.64. The number of carboxylic acids is 1. The zero-order valence-corrected chi connectivity index (χ0v) is 11.0. The normalized spacial score (nSPS) is 10.2. The van der Waals surface area contributed by atoms with Crippen LogP contribution in [0.25, 0.3) is 0 Å². The third-order valence-electron chi connectivity index (χ3n) is 2.33. The van der Waals surface area contributed by atoms with Gasteiger partial charge >= 0.3 is 5.97 Å². The summed E-state index contributed by atoms with van der Waals surface area (Å²) in [6, 6.07) is 4.63. The standard InChI is InChI=1S/C13H18O6/c1-16-5-6-18-7-8-19-12-4-3-10(17-2)9-11(12)13(14)15/h3-4,9H,5-8H2,1-2H3,(H,14,15). The molecular formula is C13H18O6. The highest BCUT2D eigenvalue weighted by Gasteiger charge is 2.12. The van der Waals surface area contributed by atoms with Crippen LogP contribution in [0.3, 0.4) is 0 Å². The topological polar surface area (TPSA) is 74.2 Å². The summed E-state index contributed by atoms with van der Waals surface area (Å²) in [7, 11) is 3.07. The van der Waals surface area contributed by atoms with Gasteiger partial charge in [-0.2, -0.15) is 0 Å². The molecule has 0 aromatic heterocycles. The van der Waals surface area contributed by atoms with Crippen molar-refractivity contribution in [2.75, 3.05) is 40.6 Å². The molecule has 0 bridgehead atoms. The first kappa shape index (κ1) is 15.3. The highest BCUT2D eigenvalue weighted by atomic mass is 16.5. The van der Waals surface area contributed by atoms with Gasteiger partial charge in [0.25, 0.3) is 0 Å². The molecule has 6 nitrogen and oxygen atoms in total. The maximum Gasteiger partial charge on any atom is 0.339 e. The molecule has 0 unspecified atom stereocenters. The van der Waals surface area contributed by atoms with Crippen LogP contribution in [0.2, 0.25) is 0 Å². The minimum absolute atomic E-state index is 0.0660. The molecule has 0 radical (unpaired) electrons. The number of benzene rings is 1. The number of carbonyl (C=O) groups is 1. The van der Waals surface area contributed by atoms with Gasteiger partial charge < -0.3 is 24.1 Å². The summed E-state index contributed by atoms with van der Waals surface area (Å²) in [4.78, 5) is 11.1. The third kappa shape index (κ3) is 5.15. The average molecular weight is 270 g/mol. The van der Waals surface area contributed by atoms with Crippen molar-refractivity contribution in [1.82, 2.24) is 0 Å². The van der Waals surface area contributed by atoms with E-state index in [9.17, 15) is 4.79 Å². The predicted octanol–water partition coefficient (Wildman–Crippen LogP) is 1.44. The second-order valence-corrected chi connectivity index (χ2v) is 3.62. The first-order chi connectivity index (χ1) is 9.19. The number of hydrogen-bond donors (Lipinski definition) is 1. The number of aromatic carboxylic acids is 1. The Hall–Kier alpha value is -1.79. The van der Waals surface area contributed by atoms with Crippen LogP contribution in [0.15, 0.2) is 18.2 Å². The molecule has 0 fully saturated rings. The van der Waals surface area contributed by atoms with Gasteiger partial charge in [-0.25, -0.2) is 4.79 Å². The van der Waals surface area contributed by atoms with Crippen molar-refractivity contribution >= 4 is 5.97 Å². The zero-order chi connectivity index (χ0) is 14.1. The molecule has 6 heteroatoms. The molecule has 0 aliphatic rings. The highest BCUT2D eigenvalue weighted by Crippen LogP contribution is 2.24. The Morgan fingerprint density at radius 1 is 1.16 bits per heavy atom. The van der Waals surface area contributed by atoms with Crippen molar-refractivity contribution in [2.45, 2.75) is 0 Å². The third-order valence-corrected chi connectivity index (χ3v) is 2.33. The second kappa shape index (κ2) is 8.34. The fourth-order valence-electron chi connectivity index (χ4n) is 1.38. The molecule has 0 spiro atoms. The lowest BCUT2D eigenvalue weighted by molar-refractivity contribution is 0.0535. The first-order valence-corrected chi connectivity index (χ1v) is 5.80. The number of ether oxygens (including phenoxy) is 4. The van der Waals surface area contributed by atoms with E-state index < -0.39 is 5.97 Å². The van der Waals surface area contributed by atoms with Crippen LogP contribution in [0.5, 0.6) is 11.5 Å². The van der Waals surface area contributed by atoms with Crippen molar-refractivity contribution < 1.29 is 28.8 Å². The van der Waals surface area contributed by atoms with Crippen molar-refractivity contribution in [3.63, 3.8) is 0 Å². The summed E-state index contributed by atoms with van der Waals surface area (Å²) < 4.78 is 20.4. The maximum atomic E-state index is 11.1. The van der Waals surface area contributed by atoms with Crippen molar-refractivity contribution in [3.05, 3.63) is 23.8 Å². The molecular weight excluding hydrogens is 252 g/mol. The number of hydrogen-bond acceptors (Lipinski definition) is 5. The van der Waals surface area contributed by atoms with E-state index in [1.165, 1.54) is 13.2 Å². The summed E-state index contributed by atoms with van der Waals surface area (Å²) >= 11 is 0. The molecule has 0 saturated heterocycles. The molecule has 1 aromatic rings. The second-order valence-electron chi connectivity index (χ2n) is 3.62. The van der Waals surface area contributed by atoms with Crippen LogP contribution in [0.1, 0.15) is 10.4 Å². The summed E-state index contributed by atoms with van der Waals surface area (Å²) in [6.07, 6.45) is 0. The van der Waals surface area contributed by atoms with Crippen molar-refractivity contribution in [3.8, 4) is 11.5 Å². The summed E-state index contributed by atoms with van der Waals surface area (Å²) in [5.41, 5.74) is 0.0660. The summed E-state index contributed by atoms with van der Waals surface area (Å²) in [5, 5.41) is 9.07. The largest absolute Gasteiger partial charge is 0.497 e. The van der Waals surface area contributed by atoms with Gasteiger partial charge in [-0.3, -0.25) is 0 Å². The van der Waals surface area contributed by atoms with Gasteiger partial charge in [0.1, 0.15) is 23.7 Å². The van der Waals surface area contributed by atoms with Gasteiger partial charge in [-0.05, 0) is 18.2 Å². The number of rotatable bonds is 9. The van der Waals surface area contributed by atoms with E-state index in [0.717, 1.165) is 0 Å². The Bertz CT molecular complexity index is 404. The van der Waals surface area contributed by atoms with Gasteiger partial charge in [0.2, 0.25) is 0 Å². The molecule has 0 amide bonds. The minimum atomic E-state index is -1.06. The fourth-order valence-corrected chi connectivity index (χ4v) is 1.38. The molecule has 1 rings (SSSR count). The van der Waals surface area contributed by atoms with Crippen LogP contribution in [0, 0.1) is 0 Å². The Morgan fingerprint density at radius 3 is 2.53 bits per heavy atom. The molecule has 0 saturated carbocycles. The van der Waals surface area contributed by atoms with E-state index in [1.807, 2.05) is 0 Å². The van der Waals surface area contributed by atoms with E-state index in [0.29, 0.717) is 31.3 Å². The van der Waals surface area contributed by atoms with Gasteiger partial charge in [-0.15, -0.1) is 0 Å². The molecule has 1 aromatic carbocycles. The van der Waals surface area contributed by atoms with Gasteiger partial charge in [0.15, 0.2) is 0 Å². The first-order valence-electron chi connectivity index (χ1n) is 5.80. The monoisotopic (exact) mass is 270 g/mol. The molecule has 1 N–H and O–H groups in total. The Morgan fingerprint density at radius 2 is 1.89 bits per heavy atom. The van der Waals surface area contributed by atoms with Crippen LogP contribution < -0.4 is 9.47 Å². The average Bonchev–Trinajstić information content (AvgIpc) is 2.42. The van der Waals surface area contributed by atoms with Crippen LogP contribution in [-0.2, 0) is 9.47 Å². The predicted molar refractivity (Wildman–Crippen MR) is 68.1 cm³/mol. The highest BCUT2D eigenvalue weighted by molar-refractivity contribution is 5.91. The molecule has 0 aliphatic carbocycles. The SMILES string of the molecule is COCCOCCOc1ccc(OC)cc1C(=O)O. The summed E-state index contributed by atoms with van der Waals surface area (Å²) in [5.74, 6) is -0.293. The van der Waals surface area contributed by atoms with E-state index in [1.54, 1.807) is 19.2 Å². The number of methoxy groups -OCH3 is 2. The van der Waals surface area contributed by atoms with Crippen LogP contribution in [0.4, 0.5) is 0 Å². The zero-order valence-electron chi connectivity index (χ0n) is 11.0. The van der Waals surface area contributed by atoms with E-state index in [4.69, 9.17) is 24.1 Å². The van der Waals surface area contributed by atoms with Crippen molar-refractivity contribution in [1.29, 1.82) is 0 Å². The number of carboxylic acid groups (broad SMARTS) is 1. The lowest BCUT2D eigenvalue weighted by Gasteiger charge is -2.10. The van der Waals surface area contributed by atoms with Crippen molar-refractivity contribution in [2.24, 2.45) is 0 Å². The quantitative estimate of drug-likeness (QED) is 0.684. The lowest BCUT2D eigenvalue weighted by atomic mass is 10.2. The maximum absolute atomic E-state index is 11.1. The van der Waals surface area contributed by atoms with E-state index >= 15 is 0 Å². The minimum Gasteiger partial charge on any atom is -0.497 e. The molecule has 0 atom stereocenters. The Kier molecular flexibility index (Phi) is 6.70. The fraction of sp³-hybridized carbons (Fsp3) is 0.462. The molecule has 0 aliphatic heterocycles. The van der Waals surface area contributed by atoms with E-state index in [-0.39, 0.29) is 12.2 Å². The van der Waals surface area contributed by atoms with E-state index in [2.05, 4.69) is 0 Å². The van der Waals surface area contributed by atoms with Gasteiger partial charge in [0.05, 0.1) is 26.9 Å². The molecule has 106 valence electrons. The smallest absolute Gasteiger partial charge is 0.339 e. The van der Waals surface area contributed by atoms with Gasteiger partial charge in [0, 0.05) is 7.11 Å². The van der Waals surface area contributed by atoms with Crippen LogP contribution in [-0.4, -0.2) is 51.7 Å². The van der Waals surface area contributed by atoms with Gasteiger partial charge in [-0.1, -0.05) is 0 Å². The molecule has 19 heavy (non-hydrogen) atoms. The Balaban J connectivity index is 2.50. The van der Waals surface area contributed by atoms with Crippen LogP contribution >= 0.6 is 0 Å². The molecule has 0 heterocycles.